The first-order chi connectivity index (χ1) is 14.4. The zero-order valence-corrected chi connectivity index (χ0v) is 18.3. The van der Waals surface area contributed by atoms with Gasteiger partial charge in [-0.25, -0.2) is 4.98 Å². The Kier molecular flexibility index (Phi) is 5.84. The molecule has 3 heterocycles. The van der Waals surface area contributed by atoms with Gasteiger partial charge in [-0.2, -0.15) is 5.26 Å². The van der Waals surface area contributed by atoms with E-state index in [1.54, 1.807) is 12.1 Å². The van der Waals surface area contributed by atoms with Crippen molar-refractivity contribution in [3.63, 3.8) is 0 Å². The van der Waals surface area contributed by atoms with Crippen LogP contribution in [0.15, 0.2) is 35.5 Å². The van der Waals surface area contributed by atoms with E-state index >= 15 is 0 Å². The van der Waals surface area contributed by atoms with Crippen LogP contribution in [0.1, 0.15) is 51.5 Å². The summed E-state index contributed by atoms with van der Waals surface area (Å²) in [5.74, 6) is -0.0242. The number of hydrogen-bond acceptors (Lipinski definition) is 7. The molecule has 30 heavy (non-hydrogen) atoms. The van der Waals surface area contributed by atoms with Gasteiger partial charge < -0.3 is 5.32 Å². The van der Waals surface area contributed by atoms with E-state index < -0.39 is 0 Å². The summed E-state index contributed by atoms with van der Waals surface area (Å²) in [6, 6.07) is 9.69. The molecule has 152 valence electrons. The number of rotatable bonds is 7. The molecule has 0 spiro atoms. The van der Waals surface area contributed by atoms with Crippen molar-refractivity contribution in [2.75, 3.05) is 5.75 Å². The van der Waals surface area contributed by atoms with Crippen molar-refractivity contribution in [2.45, 2.75) is 43.7 Å². The van der Waals surface area contributed by atoms with Crippen molar-refractivity contribution < 1.29 is 9.59 Å². The Morgan fingerprint density at radius 2 is 2.17 bits per heavy atom. The summed E-state index contributed by atoms with van der Waals surface area (Å²) >= 11 is 2.72. The van der Waals surface area contributed by atoms with Crippen LogP contribution in [0.25, 0.3) is 10.9 Å². The summed E-state index contributed by atoms with van der Waals surface area (Å²) in [5, 5.41) is 13.6. The van der Waals surface area contributed by atoms with E-state index in [1.807, 2.05) is 26.0 Å². The van der Waals surface area contributed by atoms with Crippen LogP contribution < -0.4 is 5.32 Å². The summed E-state index contributed by atoms with van der Waals surface area (Å²) in [4.78, 5) is 35.4. The van der Waals surface area contributed by atoms with Gasteiger partial charge in [-0.3, -0.25) is 14.6 Å². The number of thiophene rings is 1. The Bertz CT molecular complexity index is 1180. The van der Waals surface area contributed by atoms with Crippen LogP contribution in [0.5, 0.6) is 0 Å². The van der Waals surface area contributed by atoms with Crippen LogP contribution in [0, 0.1) is 18.3 Å². The number of Topliss-reactive ketones (excluding diaryl/α,β-unsaturated/α-hetero) is 1. The minimum atomic E-state index is -0.261. The molecule has 1 atom stereocenters. The molecule has 0 aromatic carbocycles. The quantitative estimate of drug-likeness (QED) is 0.440. The lowest BCUT2D eigenvalue weighted by molar-refractivity contribution is -0.122. The van der Waals surface area contributed by atoms with Crippen molar-refractivity contribution in [3.8, 4) is 6.07 Å². The lowest BCUT2D eigenvalue weighted by Crippen LogP contribution is -2.29. The molecule has 3 aromatic rings. The number of carbonyl (C=O) groups excluding carboxylic acids is 2. The average molecular weight is 437 g/mol. The second kappa shape index (κ2) is 8.54. The molecule has 1 fully saturated rings. The zero-order valence-electron chi connectivity index (χ0n) is 16.6. The van der Waals surface area contributed by atoms with Gasteiger partial charge in [-0.05, 0) is 51.0 Å². The lowest BCUT2D eigenvalue weighted by atomic mass is 10.1. The first-order valence-corrected chi connectivity index (χ1v) is 11.5. The molecule has 1 saturated carbocycles. The van der Waals surface area contributed by atoms with Gasteiger partial charge in [0.1, 0.15) is 11.1 Å². The average Bonchev–Trinajstić information content (AvgIpc) is 3.42. The second-order valence-electron chi connectivity index (χ2n) is 7.39. The van der Waals surface area contributed by atoms with E-state index in [2.05, 4.69) is 21.4 Å². The standard InChI is InChI=1S/C22H20N4O2S2/c1-12-7-17-16(8-14(9-23)10-24-17)22(25-12)29-11-18(27)20-6-5-19(30-20)13(2)21(28)26-15-3-4-15/h5-8,10,13,15H,3-4,11H2,1-2H3,(H,26,28). The van der Waals surface area contributed by atoms with E-state index in [0.717, 1.165) is 34.3 Å². The molecular formula is C22H20N4O2S2. The molecule has 1 amide bonds. The number of hydrogen-bond donors (Lipinski definition) is 1. The SMILES string of the molecule is Cc1cc2ncc(C#N)cc2c(SCC(=O)c2ccc(C(C)C(=O)NC3CC3)s2)n1. The van der Waals surface area contributed by atoms with Crippen LogP contribution in [0.4, 0.5) is 0 Å². The second-order valence-corrected chi connectivity index (χ2v) is 9.47. The van der Waals surface area contributed by atoms with Crippen LogP contribution in [0.2, 0.25) is 0 Å². The largest absolute Gasteiger partial charge is 0.353 e. The smallest absolute Gasteiger partial charge is 0.228 e. The highest BCUT2D eigenvalue weighted by Crippen LogP contribution is 2.30. The fraction of sp³-hybridized carbons (Fsp3) is 0.318. The first kappa shape index (κ1) is 20.5. The summed E-state index contributed by atoms with van der Waals surface area (Å²) in [6.07, 6.45) is 3.64. The molecule has 1 aliphatic carbocycles. The number of thioether (sulfide) groups is 1. The fourth-order valence-electron chi connectivity index (χ4n) is 3.01. The molecule has 4 rings (SSSR count). The summed E-state index contributed by atoms with van der Waals surface area (Å²) in [7, 11) is 0. The molecule has 0 radical (unpaired) electrons. The summed E-state index contributed by atoms with van der Waals surface area (Å²) < 4.78 is 0. The minimum absolute atomic E-state index is 0.00750. The van der Waals surface area contributed by atoms with E-state index in [9.17, 15) is 9.59 Å². The minimum Gasteiger partial charge on any atom is -0.353 e. The molecule has 3 aromatic heterocycles. The van der Waals surface area contributed by atoms with Crippen LogP contribution >= 0.6 is 23.1 Å². The van der Waals surface area contributed by atoms with Crippen LogP contribution in [-0.4, -0.2) is 33.5 Å². The molecule has 1 unspecified atom stereocenters. The van der Waals surface area contributed by atoms with Gasteiger partial charge in [-0.1, -0.05) is 11.8 Å². The van der Waals surface area contributed by atoms with Gasteiger partial charge in [0, 0.05) is 28.2 Å². The predicted molar refractivity (Wildman–Crippen MR) is 118 cm³/mol. The number of nitriles is 1. The predicted octanol–water partition coefficient (Wildman–Crippen LogP) is 4.23. The fourth-order valence-corrected chi connectivity index (χ4v) is 5.05. The molecule has 1 N–H and O–H groups in total. The van der Waals surface area contributed by atoms with Crippen LogP contribution in [-0.2, 0) is 4.79 Å². The Labute approximate surface area is 182 Å². The molecule has 1 aliphatic rings. The Morgan fingerprint density at radius 1 is 1.37 bits per heavy atom. The number of pyridine rings is 2. The van der Waals surface area contributed by atoms with Gasteiger partial charge in [0.25, 0.3) is 0 Å². The maximum Gasteiger partial charge on any atom is 0.228 e. The van der Waals surface area contributed by atoms with Gasteiger partial charge in [-0.15, -0.1) is 11.3 Å². The van der Waals surface area contributed by atoms with E-state index in [4.69, 9.17) is 5.26 Å². The Balaban J connectivity index is 1.47. The van der Waals surface area contributed by atoms with E-state index in [-0.39, 0.29) is 23.4 Å². The maximum absolute atomic E-state index is 12.7. The van der Waals surface area contributed by atoms with Crippen molar-refractivity contribution in [2.24, 2.45) is 0 Å². The number of amides is 1. The highest BCUT2D eigenvalue weighted by molar-refractivity contribution is 8.00. The van der Waals surface area contributed by atoms with Gasteiger partial charge in [0.15, 0.2) is 5.78 Å². The lowest BCUT2D eigenvalue weighted by Gasteiger charge is -2.09. The third-order valence-corrected chi connectivity index (χ3v) is 7.19. The van der Waals surface area contributed by atoms with E-state index in [0.29, 0.717) is 21.5 Å². The molecule has 0 saturated heterocycles. The molecule has 0 aliphatic heterocycles. The number of carbonyl (C=O) groups is 2. The van der Waals surface area contributed by atoms with Crippen molar-refractivity contribution in [1.29, 1.82) is 5.26 Å². The number of ketones is 1. The van der Waals surface area contributed by atoms with E-state index in [1.165, 1.54) is 29.3 Å². The zero-order chi connectivity index (χ0) is 21.3. The van der Waals surface area contributed by atoms with Crippen LogP contribution in [0.3, 0.4) is 0 Å². The monoisotopic (exact) mass is 436 g/mol. The number of aromatic nitrogens is 2. The van der Waals surface area contributed by atoms with Gasteiger partial charge in [0.05, 0.1) is 27.6 Å². The molecule has 0 bridgehead atoms. The molecular weight excluding hydrogens is 416 g/mol. The van der Waals surface area contributed by atoms with Gasteiger partial charge in [0.2, 0.25) is 5.91 Å². The molecule has 6 nitrogen and oxygen atoms in total. The van der Waals surface area contributed by atoms with Crippen molar-refractivity contribution in [3.05, 3.63) is 51.5 Å². The molecule has 8 heteroatoms. The third kappa shape index (κ3) is 4.53. The van der Waals surface area contributed by atoms with Crippen molar-refractivity contribution >= 4 is 45.7 Å². The number of nitrogens with zero attached hydrogens (tertiary/aromatic N) is 3. The topological polar surface area (TPSA) is 95.7 Å². The highest BCUT2D eigenvalue weighted by atomic mass is 32.2. The third-order valence-electron chi connectivity index (χ3n) is 4.89. The highest BCUT2D eigenvalue weighted by Gasteiger charge is 2.27. The van der Waals surface area contributed by atoms with Gasteiger partial charge >= 0.3 is 0 Å². The summed E-state index contributed by atoms with van der Waals surface area (Å²) in [5.41, 5.74) is 2.02. The first-order valence-electron chi connectivity index (χ1n) is 9.68. The number of nitrogens with one attached hydrogen (secondary N) is 1. The van der Waals surface area contributed by atoms with Crippen molar-refractivity contribution in [1.82, 2.24) is 15.3 Å². The summed E-state index contributed by atoms with van der Waals surface area (Å²) in [6.45, 7) is 3.75. The number of fused-ring (bicyclic) bond motifs is 1. The Morgan fingerprint density at radius 3 is 2.90 bits per heavy atom. The maximum atomic E-state index is 12.7. The Hall–Kier alpha value is -2.76. The normalized spacial score (nSPS) is 14.3. The number of aryl methyl sites for hydroxylation is 1.